The number of hydrogen-bond donors (Lipinski definition) is 0. The average molecular weight is 448 g/mol. The number of benzene rings is 2. The van der Waals surface area contributed by atoms with Gasteiger partial charge in [-0.2, -0.15) is 0 Å². The van der Waals surface area contributed by atoms with Gasteiger partial charge in [-0.1, -0.05) is 23.7 Å². The number of hydrogen-bond acceptors (Lipinski definition) is 6. The fourth-order valence-corrected chi connectivity index (χ4v) is 3.02. The molecule has 2 aromatic carbocycles. The molecular weight excluding hydrogens is 422 g/mol. The van der Waals surface area contributed by atoms with Crippen LogP contribution >= 0.6 is 11.6 Å². The van der Waals surface area contributed by atoms with Crippen molar-refractivity contribution in [2.75, 3.05) is 25.2 Å². The molecule has 0 saturated carbocycles. The molecule has 0 radical (unpaired) electrons. The Kier molecular flexibility index (Phi) is 9.34. The van der Waals surface area contributed by atoms with E-state index >= 15 is 0 Å². The van der Waals surface area contributed by atoms with Crippen molar-refractivity contribution in [2.24, 2.45) is 5.92 Å². The van der Waals surface area contributed by atoms with Crippen LogP contribution in [0.25, 0.3) is 0 Å². The van der Waals surface area contributed by atoms with Crippen LogP contribution in [0.15, 0.2) is 48.5 Å². The second kappa shape index (κ2) is 12.0. The maximum Gasteiger partial charge on any atom is 0.320 e. The summed E-state index contributed by atoms with van der Waals surface area (Å²) in [6.07, 6.45) is -0.379. The maximum absolute atomic E-state index is 13.2. The normalized spacial score (nSPS) is 10.5. The number of methoxy groups -OCH3 is 1. The van der Waals surface area contributed by atoms with Crippen LogP contribution in [-0.4, -0.2) is 38.2 Å². The number of rotatable bonds is 10. The summed E-state index contributed by atoms with van der Waals surface area (Å²) in [4.78, 5) is 39.3. The van der Waals surface area contributed by atoms with Crippen LogP contribution in [0.1, 0.15) is 25.8 Å². The van der Waals surface area contributed by atoms with Crippen LogP contribution in [0.2, 0.25) is 5.02 Å². The number of nitrogens with zero attached hydrogens (tertiary/aromatic N) is 1. The summed E-state index contributed by atoms with van der Waals surface area (Å²) in [5.41, 5.74) is 1.42. The van der Waals surface area contributed by atoms with Gasteiger partial charge >= 0.3 is 11.9 Å². The molecule has 0 aliphatic carbocycles. The zero-order chi connectivity index (χ0) is 22.8. The fraction of sp³-hybridized carbons (Fsp3) is 0.348. The van der Waals surface area contributed by atoms with E-state index in [4.69, 9.17) is 25.8 Å². The molecule has 0 heterocycles. The van der Waals surface area contributed by atoms with Crippen molar-refractivity contribution in [3.63, 3.8) is 0 Å². The van der Waals surface area contributed by atoms with E-state index in [0.717, 1.165) is 5.56 Å². The average Bonchev–Trinajstić information content (AvgIpc) is 2.77. The Labute approximate surface area is 186 Å². The van der Waals surface area contributed by atoms with Crippen LogP contribution in [0.4, 0.5) is 5.69 Å². The zero-order valence-corrected chi connectivity index (χ0v) is 18.6. The summed E-state index contributed by atoms with van der Waals surface area (Å²) >= 11 is 5.99. The van der Waals surface area contributed by atoms with E-state index in [0.29, 0.717) is 16.5 Å². The van der Waals surface area contributed by atoms with Gasteiger partial charge in [0.15, 0.2) is 5.92 Å². The maximum atomic E-state index is 13.2. The van der Waals surface area contributed by atoms with Gasteiger partial charge in [0.1, 0.15) is 5.75 Å². The number of anilines is 1. The number of halogens is 1. The molecule has 0 fully saturated rings. The Bertz CT molecular complexity index is 864. The van der Waals surface area contributed by atoms with Gasteiger partial charge in [0.25, 0.3) is 0 Å². The summed E-state index contributed by atoms with van der Waals surface area (Å²) in [6.45, 7) is 3.67. The molecule has 1 amide bonds. The van der Waals surface area contributed by atoms with Crippen molar-refractivity contribution in [3.05, 3.63) is 59.1 Å². The van der Waals surface area contributed by atoms with Crippen LogP contribution < -0.4 is 9.64 Å². The number of amides is 1. The predicted molar refractivity (Wildman–Crippen MR) is 117 cm³/mol. The Balaban J connectivity index is 2.31. The van der Waals surface area contributed by atoms with Gasteiger partial charge in [-0.15, -0.1) is 0 Å². The fourth-order valence-electron chi connectivity index (χ4n) is 2.89. The number of esters is 2. The molecular formula is C23H26ClNO6. The Hall–Kier alpha value is -3.06. The Morgan fingerprint density at radius 1 is 0.903 bits per heavy atom. The van der Waals surface area contributed by atoms with Crippen LogP contribution in [0, 0.1) is 5.92 Å². The quantitative estimate of drug-likeness (QED) is 0.404. The minimum absolute atomic E-state index is 0.0929. The lowest BCUT2D eigenvalue weighted by Gasteiger charge is -2.25. The van der Waals surface area contributed by atoms with E-state index in [-0.39, 0.29) is 26.2 Å². The molecule has 2 aromatic rings. The Morgan fingerprint density at radius 2 is 1.45 bits per heavy atom. The standard InChI is InChI=1S/C23H26ClNO6/c1-4-30-22(27)20(23(28)31-5-2)14-21(26)25(18-10-8-17(24)9-11-18)15-16-6-12-19(29-3)13-7-16/h6-13,20H,4-5,14-15H2,1-3H3. The lowest BCUT2D eigenvalue weighted by atomic mass is 10.0. The highest BCUT2D eigenvalue weighted by Crippen LogP contribution is 2.24. The van der Waals surface area contributed by atoms with Crippen molar-refractivity contribution in [2.45, 2.75) is 26.8 Å². The number of ether oxygens (including phenoxy) is 3. The topological polar surface area (TPSA) is 82.1 Å². The lowest BCUT2D eigenvalue weighted by Crippen LogP contribution is -2.37. The van der Waals surface area contributed by atoms with Gasteiger partial charge in [0.05, 0.1) is 33.3 Å². The molecule has 8 heteroatoms. The van der Waals surface area contributed by atoms with Crippen molar-refractivity contribution in [1.82, 2.24) is 0 Å². The van der Waals surface area contributed by atoms with Crippen molar-refractivity contribution < 1.29 is 28.6 Å². The molecule has 0 atom stereocenters. The summed E-state index contributed by atoms with van der Waals surface area (Å²) in [6, 6.07) is 14.0. The molecule has 0 N–H and O–H groups in total. The van der Waals surface area contributed by atoms with Crippen LogP contribution in [-0.2, 0) is 30.4 Å². The van der Waals surface area contributed by atoms with E-state index in [1.54, 1.807) is 57.4 Å². The third kappa shape index (κ3) is 7.00. The first-order chi connectivity index (χ1) is 14.9. The molecule has 0 aromatic heterocycles. The zero-order valence-electron chi connectivity index (χ0n) is 17.8. The third-order valence-corrected chi connectivity index (χ3v) is 4.71. The monoisotopic (exact) mass is 447 g/mol. The summed E-state index contributed by atoms with van der Waals surface area (Å²) in [5.74, 6) is -2.63. The van der Waals surface area contributed by atoms with Crippen molar-refractivity contribution in [1.29, 1.82) is 0 Å². The van der Waals surface area contributed by atoms with E-state index in [2.05, 4.69) is 0 Å². The second-order valence-electron chi connectivity index (χ2n) is 6.57. The summed E-state index contributed by atoms with van der Waals surface area (Å²) in [5, 5.41) is 0.525. The Morgan fingerprint density at radius 3 is 1.94 bits per heavy atom. The molecule has 31 heavy (non-hydrogen) atoms. The first-order valence-electron chi connectivity index (χ1n) is 9.91. The van der Waals surface area contributed by atoms with E-state index in [1.165, 1.54) is 4.90 Å². The van der Waals surface area contributed by atoms with Gasteiger partial charge in [0.2, 0.25) is 5.91 Å². The highest BCUT2D eigenvalue weighted by atomic mass is 35.5. The molecule has 166 valence electrons. The lowest BCUT2D eigenvalue weighted by molar-refractivity contribution is -0.163. The van der Waals surface area contributed by atoms with Gasteiger partial charge in [0, 0.05) is 10.7 Å². The first-order valence-corrected chi connectivity index (χ1v) is 10.3. The molecule has 0 unspecified atom stereocenters. The summed E-state index contributed by atoms with van der Waals surface area (Å²) in [7, 11) is 1.57. The highest BCUT2D eigenvalue weighted by molar-refractivity contribution is 6.30. The van der Waals surface area contributed by atoms with E-state index in [1.807, 2.05) is 12.1 Å². The minimum Gasteiger partial charge on any atom is -0.497 e. The van der Waals surface area contributed by atoms with Gasteiger partial charge in [-0.3, -0.25) is 14.4 Å². The smallest absolute Gasteiger partial charge is 0.320 e. The predicted octanol–water partition coefficient (Wildman–Crippen LogP) is 4.01. The van der Waals surface area contributed by atoms with Crippen molar-refractivity contribution in [3.8, 4) is 5.75 Å². The minimum atomic E-state index is -1.34. The molecule has 0 aliphatic rings. The van der Waals surface area contributed by atoms with E-state index in [9.17, 15) is 14.4 Å². The first kappa shape index (κ1) is 24.2. The van der Waals surface area contributed by atoms with Crippen LogP contribution in [0.5, 0.6) is 5.75 Å². The van der Waals surface area contributed by atoms with Gasteiger partial charge in [-0.05, 0) is 55.8 Å². The van der Waals surface area contributed by atoms with Crippen LogP contribution in [0.3, 0.4) is 0 Å². The van der Waals surface area contributed by atoms with E-state index < -0.39 is 23.8 Å². The molecule has 0 bridgehead atoms. The number of carbonyl (C=O) groups excluding carboxylic acids is 3. The number of carbonyl (C=O) groups is 3. The molecule has 7 nitrogen and oxygen atoms in total. The molecule has 0 aliphatic heterocycles. The molecule has 2 rings (SSSR count). The SMILES string of the molecule is CCOC(=O)C(CC(=O)N(Cc1ccc(OC)cc1)c1ccc(Cl)cc1)C(=O)OCC. The van der Waals surface area contributed by atoms with Crippen molar-refractivity contribution >= 4 is 35.1 Å². The third-order valence-electron chi connectivity index (χ3n) is 4.46. The largest absolute Gasteiger partial charge is 0.497 e. The second-order valence-corrected chi connectivity index (χ2v) is 7.00. The highest BCUT2D eigenvalue weighted by Gasteiger charge is 2.34. The van der Waals surface area contributed by atoms with Gasteiger partial charge < -0.3 is 19.1 Å². The summed E-state index contributed by atoms with van der Waals surface area (Å²) < 4.78 is 15.1. The molecule has 0 spiro atoms. The molecule has 0 saturated heterocycles. The van der Waals surface area contributed by atoms with Gasteiger partial charge in [-0.25, -0.2) is 0 Å².